The Morgan fingerprint density at radius 3 is 1.89 bits per heavy atom. The Morgan fingerprint density at radius 2 is 1.32 bits per heavy atom. The van der Waals surface area contributed by atoms with E-state index < -0.39 is 57.4 Å². The number of carbonyl (C=O) groups is 4. The largest absolute Gasteiger partial charge is 0.508 e. The molecule has 0 saturated carbocycles. The van der Waals surface area contributed by atoms with Crippen LogP contribution in [0.5, 0.6) is 23.0 Å². The molecule has 0 unspecified atom stereocenters. The Bertz CT molecular complexity index is 1170. The summed E-state index contributed by atoms with van der Waals surface area (Å²) in [6.07, 6.45) is 3.18. The molecule has 0 saturated heterocycles. The van der Waals surface area contributed by atoms with Crippen molar-refractivity contribution in [2.75, 3.05) is 0 Å². The maximum absolute atomic E-state index is 13.5. The number of rotatable bonds is 15. The smallest absolute Gasteiger partial charge is 0.340 e. The van der Waals surface area contributed by atoms with E-state index in [0.29, 0.717) is 44.1 Å². The quantitative estimate of drug-likeness (QED) is 0.109. The summed E-state index contributed by atoms with van der Waals surface area (Å²) in [6, 6.07) is 5.97. The normalized spacial score (nSPS) is 10.7. The third kappa shape index (κ3) is 7.81. The monoisotopic (exact) mass is 528 g/mol. The molecule has 0 aliphatic rings. The fourth-order valence-corrected chi connectivity index (χ4v) is 3.82. The Labute approximate surface area is 222 Å². The van der Waals surface area contributed by atoms with Gasteiger partial charge in [-0.15, -0.1) is 0 Å². The van der Waals surface area contributed by atoms with Crippen LogP contribution in [0, 0.1) is 0 Å². The van der Waals surface area contributed by atoms with Crippen LogP contribution in [-0.2, 0) is 16.1 Å². The number of esters is 2. The molecule has 0 aliphatic heterocycles. The zero-order valence-corrected chi connectivity index (χ0v) is 22.2. The lowest BCUT2D eigenvalue weighted by molar-refractivity contribution is -0.134. The van der Waals surface area contributed by atoms with Crippen LogP contribution in [0.3, 0.4) is 0 Å². The second kappa shape index (κ2) is 14.8. The van der Waals surface area contributed by atoms with Gasteiger partial charge in [-0.25, -0.2) is 4.79 Å². The van der Waals surface area contributed by atoms with Gasteiger partial charge in [0.2, 0.25) is 5.75 Å². The highest BCUT2D eigenvalue weighted by Gasteiger charge is 2.36. The Kier molecular flexibility index (Phi) is 11.8. The summed E-state index contributed by atoms with van der Waals surface area (Å²) in [5, 5.41) is 31.4. The van der Waals surface area contributed by atoms with Gasteiger partial charge in [0, 0.05) is 19.3 Å². The van der Waals surface area contributed by atoms with Crippen LogP contribution in [0.2, 0.25) is 0 Å². The molecule has 0 bridgehead atoms. The Morgan fingerprint density at radius 1 is 0.737 bits per heavy atom. The molecule has 0 radical (unpaired) electrons. The van der Waals surface area contributed by atoms with Crippen molar-refractivity contribution in [3.63, 3.8) is 0 Å². The van der Waals surface area contributed by atoms with E-state index >= 15 is 0 Å². The first kappa shape index (κ1) is 30.3. The van der Waals surface area contributed by atoms with Gasteiger partial charge < -0.3 is 24.8 Å². The molecule has 2 aromatic rings. The minimum Gasteiger partial charge on any atom is -0.508 e. The van der Waals surface area contributed by atoms with E-state index in [-0.39, 0.29) is 31.6 Å². The van der Waals surface area contributed by atoms with Crippen molar-refractivity contribution < 1.29 is 44.0 Å². The van der Waals surface area contributed by atoms with Crippen molar-refractivity contribution in [3.8, 4) is 23.0 Å². The number of phenolic OH excluding ortho intramolecular Hbond substituents is 3. The predicted octanol–water partition coefficient (Wildman–Crippen LogP) is 6.00. The van der Waals surface area contributed by atoms with Crippen molar-refractivity contribution >= 4 is 23.5 Å². The molecule has 0 aromatic heterocycles. The molecule has 38 heavy (non-hydrogen) atoms. The number of hydrogen-bond acceptors (Lipinski definition) is 9. The number of aromatic hydroxyl groups is 3. The van der Waals surface area contributed by atoms with Crippen molar-refractivity contribution in [3.05, 3.63) is 46.5 Å². The Balaban J connectivity index is 2.73. The standard InChI is InChI=1S/C29H36O9/c1-4-7-13-20(31)23-25(29(36)37-17-18-11-10-12-19(30)16-18)24(21(32)14-8-5-2)28(27(35)26(23)34)38-22(33)15-9-6-3/h10-12,16,30,34-35H,4-9,13-15,17H2,1-3H3. The lowest BCUT2D eigenvalue weighted by Gasteiger charge is -2.20. The fourth-order valence-electron chi connectivity index (χ4n) is 3.82. The van der Waals surface area contributed by atoms with Gasteiger partial charge >= 0.3 is 11.9 Å². The third-order valence-corrected chi connectivity index (χ3v) is 5.91. The summed E-state index contributed by atoms with van der Waals surface area (Å²) < 4.78 is 10.7. The van der Waals surface area contributed by atoms with E-state index in [9.17, 15) is 34.5 Å². The average molecular weight is 529 g/mol. The lowest BCUT2D eigenvalue weighted by atomic mass is 9.90. The van der Waals surface area contributed by atoms with E-state index in [0.717, 1.165) is 0 Å². The average Bonchev–Trinajstić information content (AvgIpc) is 2.90. The number of unbranched alkanes of at least 4 members (excludes halogenated alkanes) is 3. The molecule has 206 valence electrons. The number of carbonyl (C=O) groups excluding carboxylic acids is 4. The summed E-state index contributed by atoms with van der Waals surface area (Å²) in [4.78, 5) is 52.5. The van der Waals surface area contributed by atoms with Gasteiger partial charge in [-0.2, -0.15) is 0 Å². The van der Waals surface area contributed by atoms with Crippen molar-refractivity contribution in [1.82, 2.24) is 0 Å². The molecule has 9 nitrogen and oxygen atoms in total. The fraction of sp³-hybridized carbons (Fsp3) is 0.448. The molecular formula is C29H36O9. The van der Waals surface area contributed by atoms with Gasteiger partial charge in [-0.1, -0.05) is 52.2 Å². The molecule has 3 N–H and O–H groups in total. The number of Topliss-reactive ketones (excluding diaryl/α,β-unsaturated/α-hetero) is 2. The van der Waals surface area contributed by atoms with Gasteiger partial charge in [0.05, 0.1) is 16.7 Å². The van der Waals surface area contributed by atoms with Gasteiger partial charge in [-0.3, -0.25) is 14.4 Å². The van der Waals surface area contributed by atoms with Gasteiger partial charge in [0.15, 0.2) is 23.1 Å². The number of phenols is 3. The van der Waals surface area contributed by atoms with Crippen LogP contribution in [0.1, 0.15) is 115 Å². The van der Waals surface area contributed by atoms with E-state index in [4.69, 9.17) is 9.47 Å². The van der Waals surface area contributed by atoms with Crippen LogP contribution in [0.4, 0.5) is 0 Å². The highest BCUT2D eigenvalue weighted by molar-refractivity contribution is 6.17. The summed E-state index contributed by atoms with van der Waals surface area (Å²) in [5.41, 5.74) is -1.14. The molecule has 0 spiro atoms. The predicted molar refractivity (Wildman–Crippen MR) is 140 cm³/mol. The first-order valence-corrected chi connectivity index (χ1v) is 13.0. The van der Waals surface area contributed by atoms with Crippen molar-refractivity contribution in [2.24, 2.45) is 0 Å². The van der Waals surface area contributed by atoms with Crippen LogP contribution in [0.25, 0.3) is 0 Å². The zero-order chi connectivity index (χ0) is 28.2. The van der Waals surface area contributed by atoms with E-state index in [1.807, 2.05) is 20.8 Å². The van der Waals surface area contributed by atoms with Gasteiger partial charge in [0.1, 0.15) is 12.4 Å². The summed E-state index contributed by atoms with van der Waals surface area (Å²) in [7, 11) is 0. The molecular weight excluding hydrogens is 492 g/mol. The second-order valence-corrected chi connectivity index (χ2v) is 9.03. The molecule has 2 aromatic carbocycles. The van der Waals surface area contributed by atoms with Crippen molar-refractivity contribution in [1.29, 1.82) is 0 Å². The highest BCUT2D eigenvalue weighted by atomic mass is 16.5. The molecule has 0 heterocycles. The summed E-state index contributed by atoms with van der Waals surface area (Å²) >= 11 is 0. The molecule has 0 amide bonds. The summed E-state index contributed by atoms with van der Waals surface area (Å²) in [6.45, 7) is 5.27. The van der Waals surface area contributed by atoms with Crippen molar-refractivity contribution in [2.45, 2.75) is 85.2 Å². The number of ketones is 2. The third-order valence-electron chi connectivity index (χ3n) is 5.91. The van der Waals surface area contributed by atoms with E-state index in [2.05, 4.69) is 0 Å². The molecule has 0 atom stereocenters. The molecule has 0 aliphatic carbocycles. The minimum absolute atomic E-state index is 0.0201. The SMILES string of the molecule is CCCCC(=O)Oc1c(O)c(O)c(C(=O)CCCC)c(C(=O)OCc2cccc(O)c2)c1C(=O)CCCC. The van der Waals surface area contributed by atoms with E-state index in [1.165, 1.54) is 12.1 Å². The number of benzene rings is 2. The van der Waals surface area contributed by atoms with E-state index in [1.54, 1.807) is 12.1 Å². The number of ether oxygens (including phenoxy) is 2. The molecule has 2 rings (SSSR count). The maximum Gasteiger partial charge on any atom is 0.340 e. The molecule has 9 heteroatoms. The molecule has 0 fully saturated rings. The topological polar surface area (TPSA) is 147 Å². The first-order valence-electron chi connectivity index (χ1n) is 13.0. The van der Waals surface area contributed by atoms with Crippen LogP contribution < -0.4 is 4.74 Å². The van der Waals surface area contributed by atoms with Gasteiger partial charge in [0.25, 0.3) is 0 Å². The second-order valence-electron chi connectivity index (χ2n) is 9.03. The lowest BCUT2D eigenvalue weighted by Crippen LogP contribution is -2.21. The van der Waals surface area contributed by atoms with Crippen LogP contribution in [0.15, 0.2) is 24.3 Å². The number of hydrogen-bond donors (Lipinski definition) is 3. The zero-order valence-electron chi connectivity index (χ0n) is 22.2. The minimum atomic E-state index is -1.12. The summed E-state index contributed by atoms with van der Waals surface area (Å²) in [5.74, 6) is -5.83. The maximum atomic E-state index is 13.5. The van der Waals surface area contributed by atoms with Crippen LogP contribution >= 0.6 is 0 Å². The highest BCUT2D eigenvalue weighted by Crippen LogP contribution is 2.46. The van der Waals surface area contributed by atoms with Crippen LogP contribution in [-0.4, -0.2) is 38.8 Å². The van der Waals surface area contributed by atoms with Gasteiger partial charge in [-0.05, 0) is 37.0 Å². The first-order chi connectivity index (χ1) is 18.2. The Hall–Kier alpha value is -3.88.